The van der Waals surface area contributed by atoms with E-state index in [2.05, 4.69) is 96.2 Å². The van der Waals surface area contributed by atoms with E-state index < -0.39 is 0 Å². The van der Waals surface area contributed by atoms with E-state index in [0.717, 1.165) is 42.8 Å². The first-order chi connectivity index (χ1) is 18.9. The van der Waals surface area contributed by atoms with E-state index >= 15 is 0 Å². The molecule has 0 spiro atoms. The molecule has 0 aromatic heterocycles. The first-order valence-electron chi connectivity index (χ1n) is 15.5. The molecule has 2 aromatic rings. The number of phenols is 1. The zero-order chi connectivity index (χ0) is 27.0. The quantitative estimate of drug-likeness (QED) is 0.268. The summed E-state index contributed by atoms with van der Waals surface area (Å²) in [5.74, 6) is 6.24. The van der Waals surface area contributed by atoms with Gasteiger partial charge in [0.2, 0.25) is 0 Å². The minimum atomic E-state index is 0.330. The summed E-state index contributed by atoms with van der Waals surface area (Å²) in [5, 5.41) is 14.9. The second-order valence-corrected chi connectivity index (χ2v) is 16.2. The van der Waals surface area contributed by atoms with Crippen LogP contribution in [0, 0.1) is 29.1 Å². The zero-order valence-corrected chi connectivity index (χ0v) is 25.7. The van der Waals surface area contributed by atoms with Crippen LogP contribution < -0.4 is 5.32 Å². The van der Waals surface area contributed by atoms with Crippen LogP contribution in [0.1, 0.15) is 99.9 Å². The van der Waals surface area contributed by atoms with Gasteiger partial charge < -0.3 is 10.4 Å². The fourth-order valence-electron chi connectivity index (χ4n) is 8.53. The fourth-order valence-corrected chi connectivity index (χ4v) is 11.3. The van der Waals surface area contributed by atoms with Crippen molar-refractivity contribution in [3.8, 4) is 5.75 Å². The van der Waals surface area contributed by atoms with Gasteiger partial charge in [-0.2, -0.15) is 0 Å². The number of allylic oxidation sites excluding steroid dienone is 2. The Morgan fingerprint density at radius 2 is 1.72 bits per heavy atom. The SMILES string of the molecule is C[C@@H]1CC=C[C@](C)([C@H]2C[C@@H]3CSSC[C@@H](C)N[C@H]4CC[C@H](c5cc(O)cc(c5)C[C@@H](C3)C2)c2ccccc24)C1. The molecule has 2 heterocycles. The first-order valence-corrected chi connectivity index (χ1v) is 17.9. The van der Waals surface area contributed by atoms with Gasteiger partial charge in [-0.25, -0.2) is 0 Å². The number of fused-ring (bicyclic) bond motifs is 6. The summed E-state index contributed by atoms with van der Waals surface area (Å²) in [6.07, 6.45) is 15.0. The van der Waals surface area contributed by atoms with Crippen LogP contribution in [0.5, 0.6) is 5.75 Å². The predicted molar refractivity (Wildman–Crippen MR) is 170 cm³/mol. The molecule has 210 valence electrons. The number of rotatable bonds is 1. The van der Waals surface area contributed by atoms with Gasteiger partial charge in [-0.1, -0.05) is 77.9 Å². The highest BCUT2D eigenvalue weighted by atomic mass is 33.1. The largest absolute Gasteiger partial charge is 0.508 e. The van der Waals surface area contributed by atoms with Crippen molar-refractivity contribution in [3.63, 3.8) is 0 Å². The van der Waals surface area contributed by atoms with Crippen molar-refractivity contribution in [3.05, 3.63) is 76.9 Å². The average molecular weight is 562 g/mol. The van der Waals surface area contributed by atoms with E-state index in [0.29, 0.717) is 35.1 Å². The summed E-state index contributed by atoms with van der Waals surface area (Å²) in [7, 11) is 4.20. The maximum absolute atomic E-state index is 10.9. The molecule has 5 aliphatic rings. The molecular formula is C35H47NOS2. The van der Waals surface area contributed by atoms with Crippen molar-refractivity contribution in [1.82, 2.24) is 5.32 Å². The van der Waals surface area contributed by atoms with Gasteiger partial charge in [0, 0.05) is 29.5 Å². The van der Waals surface area contributed by atoms with Crippen molar-refractivity contribution in [2.75, 3.05) is 11.5 Å². The summed E-state index contributed by atoms with van der Waals surface area (Å²) in [4.78, 5) is 0. The van der Waals surface area contributed by atoms with Crippen LogP contribution in [0.15, 0.2) is 54.6 Å². The Bertz CT molecular complexity index is 1180. The van der Waals surface area contributed by atoms with Gasteiger partial charge in [0.05, 0.1) is 0 Å². The summed E-state index contributed by atoms with van der Waals surface area (Å²) in [5.41, 5.74) is 5.87. The number of hydrogen-bond donors (Lipinski definition) is 2. The third-order valence-corrected chi connectivity index (χ3v) is 13.0. The molecule has 2 aromatic carbocycles. The number of benzene rings is 2. The molecule has 4 heteroatoms. The highest BCUT2D eigenvalue weighted by molar-refractivity contribution is 8.76. The molecule has 39 heavy (non-hydrogen) atoms. The Morgan fingerprint density at radius 3 is 2.56 bits per heavy atom. The van der Waals surface area contributed by atoms with Crippen LogP contribution in [-0.2, 0) is 6.42 Å². The molecule has 1 saturated carbocycles. The molecular weight excluding hydrogens is 515 g/mol. The van der Waals surface area contributed by atoms with Gasteiger partial charge >= 0.3 is 0 Å². The number of hydrogen-bond acceptors (Lipinski definition) is 4. The third-order valence-electron chi connectivity index (χ3n) is 10.3. The molecule has 1 fully saturated rings. The van der Waals surface area contributed by atoms with E-state index in [1.165, 1.54) is 60.1 Å². The predicted octanol–water partition coefficient (Wildman–Crippen LogP) is 9.30. The summed E-state index contributed by atoms with van der Waals surface area (Å²) >= 11 is 0. The zero-order valence-electron chi connectivity index (χ0n) is 24.1. The van der Waals surface area contributed by atoms with Gasteiger partial charge in [0.25, 0.3) is 0 Å². The minimum absolute atomic E-state index is 0.330. The standard InChI is InChI=1S/C35H47NOS2/c1-23-7-6-12-35(3,20-23)29-16-25-13-26-15-28(19-30(37)18-26)31-10-11-34(33-9-5-4-8-32(31)33)36-24(2)21-38-39-22-27(14-25)17-29/h4-6,8-9,12,15,18-19,23-25,27,29,31,34,36-37H,7,10-11,13-14,16-17,20-22H2,1-3H3/t23-,24-,25+,27-,29-,31-,34+,35+/m1/s1. The van der Waals surface area contributed by atoms with Gasteiger partial charge in [0.15, 0.2) is 0 Å². The Morgan fingerprint density at radius 1 is 0.923 bits per heavy atom. The Labute approximate surface area is 244 Å². The van der Waals surface area contributed by atoms with Crippen molar-refractivity contribution in [2.45, 2.75) is 90.1 Å². The second kappa shape index (κ2) is 11.9. The maximum Gasteiger partial charge on any atom is 0.116 e. The Kier molecular flexibility index (Phi) is 8.45. The summed E-state index contributed by atoms with van der Waals surface area (Å²) < 4.78 is 0. The van der Waals surface area contributed by atoms with Crippen molar-refractivity contribution in [2.24, 2.45) is 29.1 Å². The lowest BCUT2D eigenvalue weighted by Crippen LogP contribution is -2.37. The third kappa shape index (κ3) is 6.28. The van der Waals surface area contributed by atoms with E-state index in [-0.39, 0.29) is 0 Å². The van der Waals surface area contributed by atoms with Crippen LogP contribution >= 0.6 is 21.6 Å². The summed E-state index contributed by atoms with van der Waals surface area (Å²) in [6.45, 7) is 7.35. The molecule has 0 radical (unpaired) electrons. The second-order valence-electron chi connectivity index (χ2n) is 13.7. The van der Waals surface area contributed by atoms with Gasteiger partial charge in [0.1, 0.15) is 5.75 Å². The fraction of sp³-hybridized carbons (Fsp3) is 0.600. The highest BCUT2D eigenvalue weighted by Crippen LogP contribution is 2.51. The monoisotopic (exact) mass is 561 g/mol. The van der Waals surface area contributed by atoms with Crippen LogP contribution in [0.25, 0.3) is 0 Å². The Hall–Kier alpha value is -1.36. The lowest BCUT2D eigenvalue weighted by atomic mass is 9.60. The van der Waals surface area contributed by atoms with Crippen LogP contribution in [0.4, 0.5) is 0 Å². The summed E-state index contributed by atoms with van der Waals surface area (Å²) in [6, 6.07) is 16.5. The molecule has 3 aliphatic carbocycles. The minimum Gasteiger partial charge on any atom is -0.508 e. The lowest BCUT2D eigenvalue weighted by Gasteiger charge is -2.46. The van der Waals surface area contributed by atoms with Gasteiger partial charge in [-0.05, 0) is 122 Å². The van der Waals surface area contributed by atoms with Crippen molar-refractivity contribution in [1.29, 1.82) is 0 Å². The van der Waals surface area contributed by atoms with Crippen LogP contribution in [-0.4, -0.2) is 22.7 Å². The molecule has 7 rings (SSSR count). The average Bonchev–Trinajstić information content (AvgIpc) is 2.90. The van der Waals surface area contributed by atoms with Crippen molar-refractivity contribution >= 4 is 21.6 Å². The number of nitrogens with one attached hydrogen (secondary N) is 1. The normalized spacial score (nSPS) is 37.2. The van der Waals surface area contributed by atoms with E-state index in [4.69, 9.17) is 0 Å². The Balaban J connectivity index is 1.33. The van der Waals surface area contributed by atoms with E-state index in [1.807, 2.05) is 6.07 Å². The van der Waals surface area contributed by atoms with Gasteiger partial charge in [-0.15, -0.1) is 0 Å². The molecule has 6 bridgehead atoms. The van der Waals surface area contributed by atoms with Crippen molar-refractivity contribution < 1.29 is 5.11 Å². The topological polar surface area (TPSA) is 32.3 Å². The van der Waals surface area contributed by atoms with E-state index in [9.17, 15) is 5.11 Å². The molecule has 2 nitrogen and oxygen atoms in total. The molecule has 0 unspecified atom stereocenters. The highest BCUT2D eigenvalue weighted by Gasteiger charge is 2.41. The smallest absolute Gasteiger partial charge is 0.116 e. The molecule has 8 atom stereocenters. The van der Waals surface area contributed by atoms with Gasteiger partial charge in [-0.3, -0.25) is 0 Å². The number of aromatic hydroxyl groups is 1. The van der Waals surface area contributed by atoms with Crippen LogP contribution in [0.3, 0.4) is 0 Å². The molecule has 2 N–H and O–H groups in total. The molecule has 0 amide bonds. The first kappa shape index (κ1) is 27.8. The van der Waals surface area contributed by atoms with E-state index in [1.54, 1.807) is 0 Å². The van der Waals surface area contributed by atoms with Crippen LogP contribution in [0.2, 0.25) is 0 Å². The number of phenolic OH excluding ortho intramolecular Hbond substituents is 1. The molecule has 0 saturated heterocycles. The maximum atomic E-state index is 10.9. The lowest BCUT2D eigenvalue weighted by molar-refractivity contribution is 0.0932. The molecule has 2 aliphatic heterocycles.